The molecule has 1 aliphatic carbocycles. The lowest BCUT2D eigenvalue weighted by atomic mass is 9.99. The van der Waals surface area contributed by atoms with Crippen LogP contribution >= 0.6 is 23.1 Å². The number of thioether (sulfide) groups is 1. The van der Waals surface area contributed by atoms with Crippen molar-refractivity contribution >= 4 is 23.1 Å². The van der Waals surface area contributed by atoms with Crippen LogP contribution in [0.4, 0.5) is 0 Å². The molecule has 1 heterocycles. The van der Waals surface area contributed by atoms with Gasteiger partial charge in [-0.1, -0.05) is 6.42 Å². The van der Waals surface area contributed by atoms with Crippen molar-refractivity contribution in [3.63, 3.8) is 0 Å². The van der Waals surface area contributed by atoms with E-state index in [1.54, 1.807) is 15.3 Å². The number of fused-ring (bicyclic) bond motifs is 1. The highest BCUT2D eigenvalue weighted by molar-refractivity contribution is 7.98. The van der Waals surface area contributed by atoms with Gasteiger partial charge in [-0.05, 0) is 75.6 Å². The van der Waals surface area contributed by atoms with Gasteiger partial charge in [0.15, 0.2) is 0 Å². The molecule has 1 aromatic rings. The highest BCUT2D eigenvalue weighted by atomic mass is 32.2. The number of nitrogens with one attached hydrogen (secondary N) is 1. The van der Waals surface area contributed by atoms with Crippen LogP contribution in [-0.4, -0.2) is 18.6 Å². The molecule has 0 fully saturated rings. The Hall–Kier alpha value is 0.01000. The van der Waals surface area contributed by atoms with Crippen LogP contribution in [0.1, 0.15) is 60.4 Å². The summed E-state index contributed by atoms with van der Waals surface area (Å²) in [6, 6.07) is 3.00. The van der Waals surface area contributed by atoms with Gasteiger partial charge < -0.3 is 5.32 Å². The summed E-state index contributed by atoms with van der Waals surface area (Å²) in [6.07, 6.45) is 11.7. The summed E-state index contributed by atoms with van der Waals surface area (Å²) in [5, 5.41) is 3.69. The molecule has 0 saturated heterocycles. The Bertz CT molecular complexity index is 349. The Balaban J connectivity index is 1.70. The molecule has 1 aliphatic rings. The Labute approximate surface area is 126 Å². The lowest BCUT2D eigenvalue weighted by Crippen LogP contribution is -2.19. The Morgan fingerprint density at radius 2 is 2.11 bits per heavy atom. The maximum atomic E-state index is 3.69. The van der Waals surface area contributed by atoms with Crippen LogP contribution in [0, 0.1) is 0 Å². The average molecular weight is 298 g/mol. The van der Waals surface area contributed by atoms with Crippen LogP contribution in [0.25, 0.3) is 0 Å². The van der Waals surface area contributed by atoms with Crippen molar-refractivity contribution in [2.24, 2.45) is 0 Å². The molecule has 19 heavy (non-hydrogen) atoms. The second-order valence-electron chi connectivity index (χ2n) is 5.53. The summed E-state index contributed by atoms with van der Waals surface area (Å²) >= 11 is 4.01. The molecular weight excluding hydrogens is 270 g/mol. The van der Waals surface area contributed by atoms with Crippen LogP contribution in [0.3, 0.4) is 0 Å². The number of rotatable bonds is 8. The topological polar surface area (TPSA) is 12.0 Å². The molecule has 3 heteroatoms. The van der Waals surface area contributed by atoms with Gasteiger partial charge in [-0.25, -0.2) is 0 Å². The third-order valence-electron chi connectivity index (χ3n) is 3.92. The second kappa shape index (κ2) is 8.33. The fourth-order valence-corrected chi connectivity index (χ4v) is 4.47. The van der Waals surface area contributed by atoms with E-state index in [2.05, 4.69) is 24.6 Å². The molecule has 1 aromatic heterocycles. The maximum Gasteiger partial charge on any atom is 0.0386 e. The molecule has 0 bridgehead atoms. The first-order valence-corrected chi connectivity index (χ1v) is 9.86. The SMILES string of the molecule is CSCCCCCNC(C)c1cc2c(s1)CCCC2. The molecule has 1 nitrogen and oxygen atoms in total. The van der Waals surface area contributed by atoms with E-state index in [0.29, 0.717) is 6.04 Å². The van der Waals surface area contributed by atoms with E-state index in [0.717, 1.165) is 6.54 Å². The molecule has 108 valence electrons. The first-order chi connectivity index (χ1) is 9.31. The van der Waals surface area contributed by atoms with Crippen molar-refractivity contribution in [2.75, 3.05) is 18.6 Å². The minimum atomic E-state index is 0.538. The summed E-state index contributed by atoms with van der Waals surface area (Å²) in [5.41, 5.74) is 1.64. The molecule has 1 N–H and O–H groups in total. The summed E-state index contributed by atoms with van der Waals surface area (Å²) in [5.74, 6) is 1.31. The van der Waals surface area contributed by atoms with Gasteiger partial charge in [0.05, 0.1) is 0 Å². The van der Waals surface area contributed by atoms with Crippen LogP contribution < -0.4 is 5.32 Å². The minimum Gasteiger partial charge on any atom is -0.309 e. The molecule has 0 amide bonds. The molecule has 0 radical (unpaired) electrons. The summed E-state index contributed by atoms with van der Waals surface area (Å²) in [7, 11) is 0. The van der Waals surface area contributed by atoms with Gasteiger partial charge in [0.2, 0.25) is 0 Å². The van der Waals surface area contributed by atoms with E-state index in [4.69, 9.17) is 0 Å². The average Bonchev–Trinajstić information content (AvgIpc) is 2.86. The Kier molecular flexibility index (Phi) is 6.75. The van der Waals surface area contributed by atoms with Crippen molar-refractivity contribution in [1.82, 2.24) is 5.32 Å². The number of aryl methyl sites for hydroxylation is 2. The third kappa shape index (κ3) is 4.80. The van der Waals surface area contributed by atoms with E-state index in [1.807, 2.05) is 23.1 Å². The van der Waals surface area contributed by atoms with Gasteiger partial charge in [0.25, 0.3) is 0 Å². The quantitative estimate of drug-likeness (QED) is 0.691. The van der Waals surface area contributed by atoms with E-state index < -0.39 is 0 Å². The van der Waals surface area contributed by atoms with E-state index in [9.17, 15) is 0 Å². The van der Waals surface area contributed by atoms with Crippen molar-refractivity contribution < 1.29 is 0 Å². The van der Waals surface area contributed by atoms with Gasteiger partial charge in [-0.2, -0.15) is 11.8 Å². The zero-order valence-electron chi connectivity index (χ0n) is 12.3. The molecule has 0 aliphatic heterocycles. The molecule has 2 rings (SSSR count). The predicted molar refractivity (Wildman–Crippen MR) is 89.6 cm³/mol. The summed E-state index contributed by atoms with van der Waals surface area (Å²) in [6.45, 7) is 3.48. The van der Waals surface area contributed by atoms with Crippen LogP contribution in [0.15, 0.2) is 6.07 Å². The molecule has 1 unspecified atom stereocenters. The highest BCUT2D eigenvalue weighted by Gasteiger charge is 2.16. The van der Waals surface area contributed by atoms with Gasteiger partial charge in [0, 0.05) is 15.8 Å². The highest BCUT2D eigenvalue weighted by Crippen LogP contribution is 2.32. The monoisotopic (exact) mass is 297 g/mol. The van der Waals surface area contributed by atoms with Gasteiger partial charge in [-0.3, -0.25) is 0 Å². The Morgan fingerprint density at radius 3 is 2.89 bits per heavy atom. The molecule has 0 saturated carbocycles. The van der Waals surface area contributed by atoms with Crippen molar-refractivity contribution in [1.29, 1.82) is 0 Å². The van der Waals surface area contributed by atoms with Crippen LogP contribution in [0.2, 0.25) is 0 Å². The van der Waals surface area contributed by atoms with Crippen molar-refractivity contribution in [3.8, 4) is 0 Å². The zero-order chi connectivity index (χ0) is 13.5. The van der Waals surface area contributed by atoms with Gasteiger partial charge >= 0.3 is 0 Å². The fourth-order valence-electron chi connectivity index (χ4n) is 2.69. The molecule has 0 spiro atoms. The zero-order valence-corrected chi connectivity index (χ0v) is 14.0. The third-order valence-corrected chi connectivity index (χ3v) is 6.03. The van der Waals surface area contributed by atoms with Crippen molar-refractivity contribution in [3.05, 3.63) is 21.4 Å². The van der Waals surface area contributed by atoms with E-state index in [1.165, 1.54) is 50.7 Å². The lowest BCUT2D eigenvalue weighted by molar-refractivity contribution is 0.550. The molecule has 0 aromatic carbocycles. The standard InChI is InChI=1S/C16H27NS2/c1-13(17-10-6-3-7-11-18-2)16-12-14-8-4-5-9-15(14)19-16/h12-13,17H,3-11H2,1-2H3. The maximum absolute atomic E-state index is 3.69. The predicted octanol–water partition coefficient (Wildman–Crippen LogP) is 4.81. The lowest BCUT2D eigenvalue weighted by Gasteiger charge is -2.11. The molecule has 1 atom stereocenters. The van der Waals surface area contributed by atoms with Gasteiger partial charge in [-0.15, -0.1) is 11.3 Å². The fraction of sp³-hybridized carbons (Fsp3) is 0.750. The van der Waals surface area contributed by atoms with Crippen LogP contribution in [-0.2, 0) is 12.8 Å². The number of unbranched alkanes of at least 4 members (excludes halogenated alkanes) is 2. The first-order valence-electron chi connectivity index (χ1n) is 7.65. The smallest absolute Gasteiger partial charge is 0.0386 e. The second-order valence-corrected chi connectivity index (χ2v) is 7.69. The number of hydrogen-bond donors (Lipinski definition) is 1. The van der Waals surface area contributed by atoms with E-state index in [-0.39, 0.29) is 0 Å². The van der Waals surface area contributed by atoms with Crippen molar-refractivity contribution in [2.45, 2.75) is 57.9 Å². The Morgan fingerprint density at radius 1 is 1.26 bits per heavy atom. The van der Waals surface area contributed by atoms with Crippen LogP contribution in [0.5, 0.6) is 0 Å². The minimum absolute atomic E-state index is 0.538. The normalized spacial score (nSPS) is 16.3. The largest absolute Gasteiger partial charge is 0.309 e. The number of hydrogen-bond acceptors (Lipinski definition) is 3. The summed E-state index contributed by atoms with van der Waals surface area (Å²) < 4.78 is 0. The van der Waals surface area contributed by atoms with E-state index >= 15 is 0 Å². The number of thiophene rings is 1. The molecular formula is C16H27NS2. The first kappa shape index (κ1) is 15.4. The summed E-state index contributed by atoms with van der Waals surface area (Å²) in [4.78, 5) is 3.21. The van der Waals surface area contributed by atoms with Gasteiger partial charge in [0.1, 0.15) is 0 Å².